The van der Waals surface area contributed by atoms with Crippen LogP contribution in [0.4, 0.5) is 0 Å². The molecule has 0 atom stereocenters. The van der Waals surface area contributed by atoms with Gasteiger partial charge >= 0.3 is 0 Å². The van der Waals surface area contributed by atoms with Crippen LogP contribution in [0, 0.1) is 0 Å². The van der Waals surface area contributed by atoms with E-state index >= 15 is 0 Å². The molecule has 3 aromatic heterocycles. The van der Waals surface area contributed by atoms with Gasteiger partial charge in [0.15, 0.2) is 17.5 Å². The molecule has 62 heavy (non-hydrogen) atoms. The average Bonchev–Trinajstić information content (AvgIpc) is 3.88. The summed E-state index contributed by atoms with van der Waals surface area (Å²) in [4.78, 5) is 15.2. The minimum atomic E-state index is 0.598. The summed E-state index contributed by atoms with van der Waals surface area (Å²) in [6.07, 6.45) is 0. The van der Waals surface area contributed by atoms with Crippen molar-refractivity contribution in [1.29, 1.82) is 0 Å². The Kier molecular flexibility index (Phi) is 8.42. The van der Waals surface area contributed by atoms with Gasteiger partial charge in [0.05, 0.1) is 11.0 Å². The van der Waals surface area contributed by atoms with Gasteiger partial charge in [-0.05, 0) is 81.9 Å². The Morgan fingerprint density at radius 2 is 0.742 bits per heavy atom. The molecule has 0 amide bonds. The Morgan fingerprint density at radius 1 is 0.274 bits per heavy atom. The summed E-state index contributed by atoms with van der Waals surface area (Å²) in [5.74, 6) is 1.84. The molecule has 0 aliphatic heterocycles. The third-order valence-electron chi connectivity index (χ3n) is 11.9. The first-order valence-corrected chi connectivity index (χ1v) is 20.8. The smallest absolute Gasteiger partial charge is 0.164 e. The maximum atomic E-state index is 6.61. The van der Waals surface area contributed by atoms with Crippen LogP contribution in [0.25, 0.3) is 117 Å². The molecule has 0 saturated heterocycles. The van der Waals surface area contributed by atoms with Gasteiger partial charge in [-0.1, -0.05) is 170 Å². The van der Waals surface area contributed by atoms with E-state index < -0.39 is 0 Å². The summed E-state index contributed by atoms with van der Waals surface area (Å²) in [5, 5.41) is 4.34. The van der Waals surface area contributed by atoms with Crippen LogP contribution in [0.1, 0.15) is 0 Å². The van der Waals surface area contributed by atoms with Crippen molar-refractivity contribution in [2.24, 2.45) is 0 Å². The van der Waals surface area contributed by atoms with Crippen LogP contribution >= 0.6 is 0 Å². The van der Waals surface area contributed by atoms with Gasteiger partial charge in [-0.3, -0.25) is 0 Å². The zero-order chi connectivity index (χ0) is 41.0. The standard InChI is InChI=1S/C57H36N4O/c1-4-13-37(14-5-1)39-23-25-41(26-24-39)44-19-12-20-46(33-44)61-51-22-11-10-21-47(51)48-36-54-50(35-52(48)61)49-34-45(31-32-53(49)62-54)57-59-55(42-17-8-3-9-18-42)58-56(60-57)43-29-27-40(28-30-43)38-15-6-2-7-16-38/h1-36H. The Balaban J connectivity index is 0.980. The fraction of sp³-hybridized carbons (Fsp3) is 0. The van der Waals surface area contributed by atoms with Gasteiger partial charge in [0.1, 0.15) is 11.2 Å². The summed E-state index contributed by atoms with van der Waals surface area (Å²) >= 11 is 0. The summed E-state index contributed by atoms with van der Waals surface area (Å²) in [7, 11) is 0. The van der Waals surface area contributed by atoms with Crippen molar-refractivity contribution in [1.82, 2.24) is 19.5 Å². The largest absolute Gasteiger partial charge is 0.456 e. The third-order valence-corrected chi connectivity index (χ3v) is 11.9. The number of rotatable bonds is 7. The van der Waals surface area contributed by atoms with Gasteiger partial charge in [0.2, 0.25) is 0 Å². The highest BCUT2D eigenvalue weighted by Gasteiger charge is 2.19. The number of hydrogen-bond donors (Lipinski definition) is 0. The van der Waals surface area contributed by atoms with Crippen LogP contribution < -0.4 is 0 Å². The van der Waals surface area contributed by atoms with Crippen LogP contribution in [0.2, 0.25) is 0 Å². The molecule has 9 aromatic carbocycles. The van der Waals surface area contributed by atoms with Gasteiger partial charge in [-0.2, -0.15) is 0 Å². The number of para-hydroxylation sites is 1. The van der Waals surface area contributed by atoms with Crippen molar-refractivity contribution in [2.45, 2.75) is 0 Å². The lowest BCUT2D eigenvalue weighted by Gasteiger charge is -2.11. The van der Waals surface area contributed by atoms with E-state index in [1.54, 1.807) is 0 Å². The van der Waals surface area contributed by atoms with E-state index in [1.165, 1.54) is 22.1 Å². The summed E-state index contributed by atoms with van der Waals surface area (Å²) < 4.78 is 8.98. The lowest BCUT2D eigenvalue weighted by molar-refractivity contribution is 0.669. The normalized spacial score (nSPS) is 11.5. The first-order chi connectivity index (χ1) is 30.7. The number of benzene rings is 9. The topological polar surface area (TPSA) is 56.7 Å². The van der Waals surface area contributed by atoms with Crippen LogP contribution in [0.3, 0.4) is 0 Å². The number of nitrogens with zero attached hydrogens (tertiary/aromatic N) is 4. The lowest BCUT2D eigenvalue weighted by atomic mass is 10.00. The molecule has 0 bridgehead atoms. The molecule has 5 heteroatoms. The summed E-state index contributed by atoms with van der Waals surface area (Å²) in [6, 6.07) is 76.4. The van der Waals surface area contributed by atoms with Gasteiger partial charge in [-0.25, -0.2) is 15.0 Å². The Hall–Kier alpha value is -8.41. The van der Waals surface area contributed by atoms with Gasteiger partial charge in [0.25, 0.3) is 0 Å². The summed E-state index contributed by atoms with van der Waals surface area (Å²) in [5.41, 5.74) is 14.8. The second-order valence-corrected chi connectivity index (χ2v) is 15.6. The number of aromatic nitrogens is 4. The van der Waals surface area contributed by atoms with E-state index in [-0.39, 0.29) is 0 Å². The predicted octanol–water partition coefficient (Wildman–Crippen LogP) is 14.9. The number of hydrogen-bond acceptors (Lipinski definition) is 4. The average molecular weight is 793 g/mol. The molecule has 290 valence electrons. The fourth-order valence-corrected chi connectivity index (χ4v) is 8.76. The molecule has 3 heterocycles. The molecule has 0 N–H and O–H groups in total. The molecule has 0 unspecified atom stereocenters. The van der Waals surface area contributed by atoms with Crippen molar-refractivity contribution in [3.05, 3.63) is 218 Å². The highest BCUT2D eigenvalue weighted by Crippen LogP contribution is 2.40. The maximum absolute atomic E-state index is 6.61. The monoisotopic (exact) mass is 792 g/mol. The molecule has 0 spiro atoms. The Labute approximate surface area is 357 Å². The molecule has 0 fully saturated rings. The molecule has 0 aliphatic carbocycles. The third kappa shape index (κ3) is 6.23. The molecular weight excluding hydrogens is 757 g/mol. The van der Waals surface area contributed by atoms with Crippen LogP contribution in [-0.2, 0) is 0 Å². The molecular formula is C57H36N4O. The predicted molar refractivity (Wildman–Crippen MR) is 254 cm³/mol. The molecule has 0 aliphatic rings. The summed E-state index contributed by atoms with van der Waals surface area (Å²) in [6.45, 7) is 0. The van der Waals surface area contributed by atoms with E-state index in [2.05, 4.69) is 174 Å². The quantitative estimate of drug-likeness (QED) is 0.161. The SMILES string of the molecule is c1ccc(-c2ccc(-c3cccc(-n4c5ccccc5c5cc6oc7ccc(-c8nc(-c9ccccc9)nc(-c9ccc(-c%10ccccc%10)cc9)n8)cc7c6cc54)c3)cc2)cc1. The molecule has 12 aromatic rings. The second-order valence-electron chi connectivity index (χ2n) is 15.6. The molecule has 5 nitrogen and oxygen atoms in total. The number of furan rings is 1. The first kappa shape index (κ1) is 35.5. The van der Waals surface area contributed by atoms with E-state index in [1.807, 2.05) is 48.5 Å². The van der Waals surface area contributed by atoms with Crippen LogP contribution in [0.5, 0.6) is 0 Å². The molecule has 0 radical (unpaired) electrons. The Morgan fingerprint density at radius 3 is 1.39 bits per heavy atom. The van der Waals surface area contributed by atoms with Crippen molar-refractivity contribution in [3.8, 4) is 73.2 Å². The minimum Gasteiger partial charge on any atom is -0.456 e. The van der Waals surface area contributed by atoms with Crippen molar-refractivity contribution >= 4 is 43.7 Å². The van der Waals surface area contributed by atoms with E-state index in [0.29, 0.717) is 17.5 Å². The van der Waals surface area contributed by atoms with Gasteiger partial charge < -0.3 is 8.98 Å². The van der Waals surface area contributed by atoms with E-state index in [4.69, 9.17) is 19.4 Å². The first-order valence-electron chi connectivity index (χ1n) is 20.8. The van der Waals surface area contributed by atoms with Crippen molar-refractivity contribution < 1.29 is 4.42 Å². The lowest BCUT2D eigenvalue weighted by Crippen LogP contribution is -2.00. The zero-order valence-electron chi connectivity index (χ0n) is 33.5. The van der Waals surface area contributed by atoms with E-state index in [9.17, 15) is 0 Å². The van der Waals surface area contributed by atoms with E-state index in [0.717, 1.165) is 77.4 Å². The van der Waals surface area contributed by atoms with Gasteiger partial charge in [-0.15, -0.1) is 0 Å². The van der Waals surface area contributed by atoms with Crippen molar-refractivity contribution in [2.75, 3.05) is 0 Å². The van der Waals surface area contributed by atoms with Crippen LogP contribution in [0.15, 0.2) is 223 Å². The van der Waals surface area contributed by atoms with Crippen LogP contribution in [-0.4, -0.2) is 19.5 Å². The number of fused-ring (bicyclic) bond motifs is 6. The molecule has 12 rings (SSSR count). The molecule has 0 saturated carbocycles. The minimum absolute atomic E-state index is 0.598. The fourth-order valence-electron chi connectivity index (χ4n) is 8.76. The Bertz CT molecular complexity index is 3590. The van der Waals surface area contributed by atoms with Crippen molar-refractivity contribution in [3.63, 3.8) is 0 Å². The zero-order valence-corrected chi connectivity index (χ0v) is 33.5. The van der Waals surface area contributed by atoms with Gasteiger partial charge in [0, 0.05) is 43.9 Å². The second kappa shape index (κ2) is 14.7. The maximum Gasteiger partial charge on any atom is 0.164 e. The highest BCUT2D eigenvalue weighted by molar-refractivity contribution is 6.17. The highest BCUT2D eigenvalue weighted by atomic mass is 16.3.